The summed E-state index contributed by atoms with van der Waals surface area (Å²) in [5, 5.41) is 2.69. The zero-order chi connectivity index (χ0) is 14.2. The number of hydrogen-bond donors (Lipinski definition) is 1. The molecular formula is C16H31NO. The molecule has 2 nitrogen and oxygen atoms in total. The first-order valence-corrected chi connectivity index (χ1v) is 7.20. The van der Waals surface area contributed by atoms with Crippen molar-refractivity contribution in [3.8, 4) is 0 Å². The van der Waals surface area contributed by atoms with Gasteiger partial charge < -0.3 is 5.32 Å². The Hall–Kier alpha value is -0.790. The second kappa shape index (κ2) is 8.34. The number of hydrogen-bond acceptors (Lipinski definition) is 1. The summed E-state index contributed by atoms with van der Waals surface area (Å²) in [5.74, 6) is 0.266. The Morgan fingerprint density at radius 3 is 2.44 bits per heavy atom. The molecule has 0 heterocycles. The standard InChI is InChI=1S/C16H31NO/c1-7-16(4,5)12-11-13(2)9-8-10-14(3)15(18)17-6/h14H,2,7-12H2,1,3-6H3,(H,17,18). The Morgan fingerprint density at radius 2 is 1.94 bits per heavy atom. The van der Waals surface area contributed by atoms with Crippen LogP contribution in [0.4, 0.5) is 0 Å². The van der Waals surface area contributed by atoms with Crippen molar-refractivity contribution >= 4 is 5.91 Å². The van der Waals surface area contributed by atoms with Crippen molar-refractivity contribution in [3.63, 3.8) is 0 Å². The van der Waals surface area contributed by atoms with E-state index < -0.39 is 0 Å². The highest BCUT2D eigenvalue weighted by Gasteiger charge is 2.15. The van der Waals surface area contributed by atoms with Crippen LogP contribution in [0.2, 0.25) is 0 Å². The molecule has 2 heteroatoms. The van der Waals surface area contributed by atoms with Crippen molar-refractivity contribution in [1.82, 2.24) is 5.32 Å². The van der Waals surface area contributed by atoms with E-state index in [4.69, 9.17) is 0 Å². The molecule has 0 aromatic heterocycles. The Morgan fingerprint density at radius 1 is 1.33 bits per heavy atom. The van der Waals surface area contributed by atoms with Crippen LogP contribution in [0.15, 0.2) is 12.2 Å². The highest BCUT2D eigenvalue weighted by molar-refractivity contribution is 5.77. The molecule has 1 N–H and O–H groups in total. The van der Waals surface area contributed by atoms with Gasteiger partial charge >= 0.3 is 0 Å². The molecule has 1 unspecified atom stereocenters. The molecule has 0 aromatic rings. The van der Waals surface area contributed by atoms with Crippen molar-refractivity contribution in [2.24, 2.45) is 11.3 Å². The third kappa shape index (κ3) is 7.52. The summed E-state index contributed by atoms with van der Waals surface area (Å²) in [6.45, 7) is 13.0. The van der Waals surface area contributed by atoms with Crippen molar-refractivity contribution in [2.45, 2.75) is 66.2 Å². The van der Waals surface area contributed by atoms with E-state index >= 15 is 0 Å². The number of amides is 1. The van der Waals surface area contributed by atoms with Crippen LogP contribution in [0.5, 0.6) is 0 Å². The molecule has 0 aromatic carbocycles. The fourth-order valence-corrected chi connectivity index (χ4v) is 1.85. The highest BCUT2D eigenvalue weighted by Crippen LogP contribution is 2.28. The zero-order valence-corrected chi connectivity index (χ0v) is 12.9. The predicted octanol–water partition coefficient (Wildman–Crippen LogP) is 4.31. The monoisotopic (exact) mass is 253 g/mol. The first kappa shape index (κ1) is 17.2. The van der Waals surface area contributed by atoms with E-state index in [1.807, 2.05) is 6.92 Å². The fourth-order valence-electron chi connectivity index (χ4n) is 1.85. The molecular weight excluding hydrogens is 222 g/mol. The average Bonchev–Trinajstić information content (AvgIpc) is 2.35. The number of nitrogens with one attached hydrogen (secondary N) is 1. The third-order valence-electron chi connectivity index (χ3n) is 3.97. The zero-order valence-electron chi connectivity index (χ0n) is 12.9. The maximum Gasteiger partial charge on any atom is 0.222 e. The van der Waals surface area contributed by atoms with Crippen LogP contribution in [-0.2, 0) is 4.79 Å². The molecule has 0 bridgehead atoms. The van der Waals surface area contributed by atoms with Crippen LogP contribution < -0.4 is 5.32 Å². The van der Waals surface area contributed by atoms with Crippen molar-refractivity contribution < 1.29 is 4.79 Å². The molecule has 106 valence electrons. The van der Waals surface area contributed by atoms with E-state index in [2.05, 4.69) is 32.7 Å². The van der Waals surface area contributed by atoms with Gasteiger partial charge in [-0.15, -0.1) is 0 Å². The quantitative estimate of drug-likeness (QED) is 0.609. The molecule has 1 amide bonds. The second-order valence-electron chi connectivity index (χ2n) is 6.18. The van der Waals surface area contributed by atoms with Crippen LogP contribution in [0, 0.1) is 11.3 Å². The van der Waals surface area contributed by atoms with E-state index in [1.165, 1.54) is 18.4 Å². The molecule has 0 rings (SSSR count). The first-order chi connectivity index (χ1) is 8.32. The van der Waals surface area contributed by atoms with Crippen LogP contribution in [0.1, 0.15) is 66.2 Å². The Bertz CT molecular complexity index is 268. The number of carbonyl (C=O) groups excluding carboxylic acids is 1. The average molecular weight is 253 g/mol. The van der Waals surface area contributed by atoms with Gasteiger partial charge in [0.05, 0.1) is 0 Å². The molecule has 1 atom stereocenters. The second-order valence-corrected chi connectivity index (χ2v) is 6.18. The van der Waals surface area contributed by atoms with Gasteiger partial charge in [-0.05, 0) is 37.5 Å². The molecule has 0 saturated heterocycles. The Balaban J connectivity index is 3.75. The molecule has 0 radical (unpaired) electrons. The van der Waals surface area contributed by atoms with Gasteiger partial charge in [-0.1, -0.05) is 46.3 Å². The molecule has 0 fully saturated rings. The van der Waals surface area contributed by atoms with E-state index in [0.29, 0.717) is 5.41 Å². The van der Waals surface area contributed by atoms with E-state index in [-0.39, 0.29) is 11.8 Å². The van der Waals surface area contributed by atoms with Crippen molar-refractivity contribution in [1.29, 1.82) is 0 Å². The van der Waals surface area contributed by atoms with Crippen LogP contribution >= 0.6 is 0 Å². The van der Waals surface area contributed by atoms with E-state index in [0.717, 1.165) is 25.7 Å². The van der Waals surface area contributed by atoms with Crippen LogP contribution in [0.3, 0.4) is 0 Å². The summed E-state index contributed by atoms with van der Waals surface area (Å²) >= 11 is 0. The Kier molecular flexibility index (Phi) is 7.97. The smallest absolute Gasteiger partial charge is 0.222 e. The summed E-state index contributed by atoms with van der Waals surface area (Å²) in [4.78, 5) is 11.3. The fraction of sp³-hybridized carbons (Fsp3) is 0.812. The summed E-state index contributed by atoms with van der Waals surface area (Å²) in [6, 6.07) is 0. The van der Waals surface area contributed by atoms with E-state index in [1.54, 1.807) is 7.05 Å². The van der Waals surface area contributed by atoms with Crippen LogP contribution in [0.25, 0.3) is 0 Å². The first-order valence-electron chi connectivity index (χ1n) is 7.20. The maximum absolute atomic E-state index is 11.3. The topological polar surface area (TPSA) is 29.1 Å². The lowest BCUT2D eigenvalue weighted by Gasteiger charge is -2.23. The van der Waals surface area contributed by atoms with Gasteiger partial charge in [0, 0.05) is 13.0 Å². The minimum Gasteiger partial charge on any atom is -0.359 e. The highest BCUT2D eigenvalue weighted by atomic mass is 16.1. The SMILES string of the molecule is C=C(CCCC(C)C(=O)NC)CCC(C)(C)CC. The number of rotatable bonds is 9. The summed E-state index contributed by atoms with van der Waals surface area (Å²) in [7, 11) is 1.70. The summed E-state index contributed by atoms with van der Waals surface area (Å²) in [6.07, 6.45) is 6.63. The summed E-state index contributed by atoms with van der Waals surface area (Å²) < 4.78 is 0. The largest absolute Gasteiger partial charge is 0.359 e. The van der Waals surface area contributed by atoms with Gasteiger partial charge in [0.25, 0.3) is 0 Å². The molecule has 0 aliphatic rings. The lowest BCUT2D eigenvalue weighted by Crippen LogP contribution is -2.25. The van der Waals surface area contributed by atoms with Crippen LogP contribution in [-0.4, -0.2) is 13.0 Å². The lowest BCUT2D eigenvalue weighted by atomic mass is 9.83. The summed E-state index contributed by atoms with van der Waals surface area (Å²) in [5.41, 5.74) is 1.76. The minimum atomic E-state index is 0.120. The van der Waals surface area contributed by atoms with Gasteiger partial charge in [-0.3, -0.25) is 4.79 Å². The maximum atomic E-state index is 11.3. The van der Waals surface area contributed by atoms with Gasteiger partial charge in [-0.2, -0.15) is 0 Å². The van der Waals surface area contributed by atoms with Gasteiger partial charge in [0.1, 0.15) is 0 Å². The van der Waals surface area contributed by atoms with Gasteiger partial charge in [-0.25, -0.2) is 0 Å². The van der Waals surface area contributed by atoms with E-state index in [9.17, 15) is 4.79 Å². The van der Waals surface area contributed by atoms with Gasteiger partial charge in [0.2, 0.25) is 5.91 Å². The number of carbonyl (C=O) groups is 1. The van der Waals surface area contributed by atoms with Crippen molar-refractivity contribution in [3.05, 3.63) is 12.2 Å². The predicted molar refractivity (Wildman–Crippen MR) is 79.5 cm³/mol. The molecule has 18 heavy (non-hydrogen) atoms. The molecule has 0 aliphatic heterocycles. The lowest BCUT2D eigenvalue weighted by molar-refractivity contribution is -0.124. The van der Waals surface area contributed by atoms with Crippen molar-refractivity contribution in [2.75, 3.05) is 7.05 Å². The molecule has 0 saturated carbocycles. The minimum absolute atomic E-state index is 0.120. The number of allylic oxidation sites excluding steroid dienone is 1. The third-order valence-corrected chi connectivity index (χ3v) is 3.97. The molecule has 0 aliphatic carbocycles. The molecule has 0 spiro atoms. The Labute approximate surface area is 113 Å². The normalized spacial score (nSPS) is 13.2. The van der Waals surface area contributed by atoms with Gasteiger partial charge in [0.15, 0.2) is 0 Å².